The highest BCUT2D eigenvalue weighted by Gasteiger charge is 2.43. The lowest BCUT2D eigenvalue weighted by atomic mass is 9.95. The molecule has 1 atom stereocenters. The number of aromatic nitrogens is 1. The molecule has 0 saturated heterocycles. The fraction of sp³-hybridized carbons (Fsp3) is 0.286. The zero-order valence-electron chi connectivity index (χ0n) is 10.6. The summed E-state index contributed by atoms with van der Waals surface area (Å²) in [5.74, 6) is -1.53. The summed E-state index contributed by atoms with van der Waals surface area (Å²) in [4.78, 5) is 23.2. The molecule has 0 radical (unpaired) electrons. The third-order valence-electron chi connectivity index (χ3n) is 3.77. The predicted octanol–water partition coefficient (Wildman–Crippen LogP) is 2.75. The van der Waals surface area contributed by atoms with E-state index in [-0.39, 0.29) is 23.7 Å². The Morgan fingerprint density at radius 1 is 1.33 bits per heavy atom. The van der Waals surface area contributed by atoms with Crippen molar-refractivity contribution in [1.82, 2.24) is 4.57 Å². The van der Waals surface area contributed by atoms with Gasteiger partial charge in [-0.25, -0.2) is 4.79 Å². The van der Waals surface area contributed by atoms with Crippen molar-refractivity contribution in [3.05, 3.63) is 45.7 Å². The standard InChI is InChI=1S/C14H10F3NO3/c15-14(16,17)10-5-4-7-2-1-3-8-11(7)18(10)6-9(12(8)19)13(20)21/h1-3,6,10H,4-5H2,(H,20,21). The van der Waals surface area contributed by atoms with Gasteiger partial charge in [0.15, 0.2) is 0 Å². The SMILES string of the molecule is O=C(O)c1cn2c3c(cccc3c1=O)CCC2C(F)(F)F. The lowest BCUT2D eigenvalue weighted by Gasteiger charge is -2.30. The summed E-state index contributed by atoms with van der Waals surface area (Å²) in [5.41, 5.74) is -0.586. The van der Waals surface area contributed by atoms with Crippen molar-refractivity contribution in [1.29, 1.82) is 0 Å². The summed E-state index contributed by atoms with van der Waals surface area (Å²) < 4.78 is 40.3. The minimum Gasteiger partial charge on any atom is -0.477 e. The third kappa shape index (κ3) is 2.00. The Hall–Kier alpha value is -2.31. The Morgan fingerprint density at radius 2 is 2.05 bits per heavy atom. The molecular formula is C14H10F3NO3. The number of para-hydroxylation sites is 1. The van der Waals surface area contributed by atoms with E-state index in [0.29, 0.717) is 5.56 Å². The summed E-state index contributed by atoms with van der Waals surface area (Å²) in [7, 11) is 0. The third-order valence-corrected chi connectivity index (χ3v) is 3.77. The van der Waals surface area contributed by atoms with E-state index < -0.39 is 29.2 Å². The Morgan fingerprint density at radius 3 is 2.67 bits per heavy atom. The second-order valence-electron chi connectivity index (χ2n) is 4.99. The molecule has 2 aromatic rings. The second-order valence-corrected chi connectivity index (χ2v) is 4.99. The fourth-order valence-corrected chi connectivity index (χ4v) is 2.84. The van der Waals surface area contributed by atoms with Crippen LogP contribution in [0.3, 0.4) is 0 Å². The van der Waals surface area contributed by atoms with Crippen LogP contribution >= 0.6 is 0 Å². The molecule has 0 bridgehead atoms. The van der Waals surface area contributed by atoms with E-state index in [4.69, 9.17) is 5.11 Å². The number of nitrogens with zero attached hydrogens (tertiary/aromatic N) is 1. The van der Waals surface area contributed by atoms with Crippen molar-refractivity contribution in [2.45, 2.75) is 25.1 Å². The summed E-state index contributed by atoms with van der Waals surface area (Å²) in [6.07, 6.45) is -3.65. The van der Waals surface area contributed by atoms with Gasteiger partial charge in [-0.05, 0) is 24.5 Å². The quantitative estimate of drug-likeness (QED) is 0.880. The first-order chi connectivity index (χ1) is 9.80. The first-order valence-electron chi connectivity index (χ1n) is 6.27. The number of carboxylic acid groups (broad SMARTS) is 1. The highest BCUT2D eigenvalue weighted by atomic mass is 19.4. The largest absolute Gasteiger partial charge is 0.477 e. The van der Waals surface area contributed by atoms with Crippen LogP contribution in [0.25, 0.3) is 10.9 Å². The maximum absolute atomic E-state index is 13.2. The van der Waals surface area contributed by atoms with Gasteiger partial charge in [0.1, 0.15) is 11.6 Å². The molecule has 3 rings (SSSR count). The maximum atomic E-state index is 13.2. The van der Waals surface area contributed by atoms with Crippen LogP contribution in [0.2, 0.25) is 0 Å². The van der Waals surface area contributed by atoms with Gasteiger partial charge < -0.3 is 9.67 Å². The predicted molar refractivity (Wildman–Crippen MR) is 68.6 cm³/mol. The Bertz CT molecular complexity index is 807. The van der Waals surface area contributed by atoms with E-state index in [0.717, 1.165) is 10.8 Å². The number of hydrogen-bond acceptors (Lipinski definition) is 2. The van der Waals surface area contributed by atoms with Crippen molar-refractivity contribution in [3.8, 4) is 0 Å². The molecule has 0 aliphatic carbocycles. The van der Waals surface area contributed by atoms with Crippen LogP contribution in [0, 0.1) is 0 Å². The zero-order chi connectivity index (χ0) is 15.4. The van der Waals surface area contributed by atoms with Crippen molar-refractivity contribution in [3.63, 3.8) is 0 Å². The average Bonchev–Trinajstić information content (AvgIpc) is 2.40. The minimum absolute atomic E-state index is 0.0151. The van der Waals surface area contributed by atoms with E-state index in [1.54, 1.807) is 12.1 Å². The average molecular weight is 297 g/mol. The maximum Gasteiger partial charge on any atom is 0.409 e. The van der Waals surface area contributed by atoms with Gasteiger partial charge in [-0.3, -0.25) is 4.79 Å². The molecule has 1 aromatic heterocycles. The number of aryl methyl sites for hydroxylation is 1. The second kappa shape index (κ2) is 4.34. The van der Waals surface area contributed by atoms with Gasteiger partial charge in [-0.2, -0.15) is 13.2 Å². The summed E-state index contributed by atoms with van der Waals surface area (Å²) in [6, 6.07) is 2.77. The molecule has 1 unspecified atom stereocenters. The Balaban J connectivity index is 2.44. The van der Waals surface area contributed by atoms with Gasteiger partial charge in [0.2, 0.25) is 5.43 Å². The highest BCUT2D eigenvalue weighted by molar-refractivity contribution is 5.93. The molecule has 110 valence electrons. The number of aromatic carboxylic acids is 1. The van der Waals surface area contributed by atoms with E-state index in [9.17, 15) is 22.8 Å². The van der Waals surface area contributed by atoms with E-state index in [2.05, 4.69) is 0 Å². The normalized spacial score (nSPS) is 18.0. The molecule has 2 heterocycles. The van der Waals surface area contributed by atoms with E-state index in [1.807, 2.05) is 0 Å². The van der Waals surface area contributed by atoms with Gasteiger partial charge >= 0.3 is 12.1 Å². The van der Waals surface area contributed by atoms with Crippen LogP contribution < -0.4 is 5.43 Å². The highest BCUT2D eigenvalue weighted by Crippen LogP contribution is 2.39. The number of carbonyl (C=O) groups is 1. The van der Waals surface area contributed by atoms with Crippen LogP contribution in [0.5, 0.6) is 0 Å². The summed E-state index contributed by atoms with van der Waals surface area (Å²) >= 11 is 0. The fourth-order valence-electron chi connectivity index (χ4n) is 2.84. The van der Waals surface area contributed by atoms with Crippen LogP contribution in [0.4, 0.5) is 13.2 Å². The smallest absolute Gasteiger partial charge is 0.409 e. The molecule has 0 saturated carbocycles. The summed E-state index contributed by atoms with van der Waals surface area (Å²) in [5, 5.41) is 9.04. The molecule has 1 aliphatic rings. The lowest BCUT2D eigenvalue weighted by molar-refractivity contribution is -0.169. The summed E-state index contributed by atoms with van der Waals surface area (Å²) in [6.45, 7) is 0. The van der Waals surface area contributed by atoms with Gasteiger partial charge in [-0.1, -0.05) is 12.1 Å². The number of alkyl halides is 3. The van der Waals surface area contributed by atoms with Crippen LogP contribution in [0.15, 0.2) is 29.2 Å². The molecule has 0 amide bonds. The van der Waals surface area contributed by atoms with E-state index in [1.165, 1.54) is 6.07 Å². The molecule has 21 heavy (non-hydrogen) atoms. The number of pyridine rings is 1. The van der Waals surface area contributed by atoms with Crippen molar-refractivity contribution in [2.75, 3.05) is 0 Å². The number of rotatable bonds is 1. The topological polar surface area (TPSA) is 59.3 Å². The molecular weight excluding hydrogens is 287 g/mol. The Kier molecular flexibility index (Phi) is 2.82. The molecule has 7 heteroatoms. The lowest BCUT2D eigenvalue weighted by Crippen LogP contribution is -2.32. The molecule has 0 fully saturated rings. The molecule has 1 N–H and O–H groups in total. The van der Waals surface area contributed by atoms with Crippen LogP contribution in [0.1, 0.15) is 28.4 Å². The van der Waals surface area contributed by atoms with E-state index >= 15 is 0 Å². The molecule has 0 spiro atoms. The van der Waals surface area contributed by atoms with Crippen molar-refractivity contribution >= 4 is 16.9 Å². The van der Waals surface area contributed by atoms with Crippen molar-refractivity contribution < 1.29 is 23.1 Å². The van der Waals surface area contributed by atoms with Gasteiger partial charge in [0.05, 0.1) is 5.52 Å². The Labute approximate surface area is 116 Å². The van der Waals surface area contributed by atoms with Crippen LogP contribution in [-0.4, -0.2) is 21.8 Å². The molecule has 1 aliphatic heterocycles. The number of benzene rings is 1. The number of carboxylic acids is 1. The van der Waals surface area contributed by atoms with Gasteiger partial charge in [-0.15, -0.1) is 0 Å². The monoisotopic (exact) mass is 297 g/mol. The van der Waals surface area contributed by atoms with Crippen molar-refractivity contribution in [2.24, 2.45) is 0 Å². The molecule has 4 nitrogen and oxygen atoms in total. The molecule has 1 aromatic carbocycles. The van der Waals surface area contributed by atoms with Gasteiger partial charge in [0.25, 0.3) is 0 Å². The van der Waals surface area contributed by atoms with Gasteiger partial charge in [0, 0.05) is 11.6 Å². The first-order valence-corrected chi connectivity index (χ1v) is 6.27. The zero-order valence-corrected chi connectivity index (χ0v) is 10.6. The number of halogens is 3. The first kappa shape index (κ1) is 13.7. The van der Waals surface area contributed by atoms with Crippen LogP contribution in [-0.2, 0) is 6.42 Å². The minimum atomic E-state index is -4.49. The number of hydrogen-bond donors (Lipinski definition) is 1.